The Labute approximate surface area is 158 Å². The summed E-state index contributed by atoms with van der Waals surface area (Å²) in [6, 6.07) is 12.7. The van der Waals surface area contributed by atoms with Crippen molar-refractivity contribution < 1.29 is 18.1 Å². The van der Waals surface area contributed by atoms with E-state index < -0.39 is 17.4 Å². The second-order valence-corrected chi connectivity index (χ2v) is 6.79. The Kier molecular flexibility index (Phi) is 4.39. The van der Waals surface area contributed by atoms with Crippen LogP contribution in [0.1, 0.15) is 22.6 Å². The molecule has 1 unspecified atom stereocenters. The highest BCUT2D eigenvalue weighted by molar-refractivity contribution is 6.31. The lowest BCUT2D eigenvalue weighted by atomic mass is 10.1. The van der Waals surface area contributed by atoms with E-state index in [1.807, 2.05) is 6.07 Å². The molecular weight excluding hydrogens is 376 g/mol. The largest absolute Gasteiger partial charge is 0.335 e. The molecular formula is C19H14ClF2N3O2. The average Bonchev–Trinajstić information content (AvgIpc) is 3.32. The van der Waals surface area contributed by atoms with E-state index in [1.54, 1.807) is 24.3 Å². The Hall–Kier alpha value is -2.80. The number of hydrogen-bond acceptors (Lipinski definition) is 4. The molecule has 0 spiro atoms. The van der Waals surface area contributed by atoms with E-state index in [0.29, 0.717) is 5.56 Å². The van der Waals surface area contributed by atoms with Crippen LogP contribution < -0.4 is 0 Å². The molecule has 0 saturated carbocycles. The van der Waals surface area contributed by atoms with E-state index >= 15 is 4.39 Å². The van der Waals surface area contributed by atoms with Gasteiger partial charge in [-0.3, -0.25) is 4.79 Å². The Bertz CT molecular complexity index is 996. The van der Waals surface area contributed by atoms with Crippen molar-refractivity contribution in [2.75, 3.05) is 13.1 Å². The molecule has 5 nitrogen and oxygen atoms in total. The minimum atomic E-state index is -1.96. The molecule has 1 aromatic heterocycles. The lowest BCUT2D eigenvalue weighted by Crippen LogP contribution is -2.33. The van der Waals surface area contributed by atoms with Crippen LogP contribution in [-0.4, -0.2) is 34.0 Å². The molecule has 2 aromatic carbocycles. The number of aromatic nitrogens is 2. The molecule has 1 saturated heterocycles. The first-order valence-corrected chi connectivity index (χ1v) is 8.67. The second-order valence-electron chi connectivity index (χ2n) is 6.36. The van der Waals surface area contributed by atoms with Crippen LogP contribution in [-0.2, 0) is 5.67 Å². The molecule has 1 amide bonds. The van der Waals surface area contributed by atoms with Crippen molar-refractivity contribution in [3.63, 3.8) is 0 Å². The second kappa shape index (κ2) is 6.74. The van der Waals surface area contributed by atoms with Crippen molar-refractivity contribution >= 4 is 17.5 Å². The molecule has 0 bridgehead atoms. The number of nitrogens with zero attached hydrogens (tertiary/aromatic N) is 3. The maximum absolute atomic E-state index is 15.4. The van der Waals surface area contributed by atoms with Crippen LogP contribution >= 0.6 is 11.6 Å². The molecule has 3 aromatic rings. The monoisotopic (exact) mass is 389 g/mol. The number of rotatable bonds is 3. The summed E-state index contributed by atoms with van der Waals surface area (Å²) in [6.45, 7) is -0.179. The van der Waals surface area contributed by atoms with Gasteiger partial charge in [-0.05, 0) is 30.3 Å². The molecule has 2 heterocycles. The predicted molar refractivity (Wildman–Crippen MR) is 94.5 cm³/mol. The third kappa shape index (κ3) is 3.30. The molecule has 4 rings (SSSR count). The van der Waals surface area contributed by atoms with Crippen molar-refractivity contribution in [2.24, 2.45) is 0 Å². The summed E-state index contributed by atoms with van der Waals surface area (Å²) in [6.07, 6.45) is -0.00527. The third-order valence-electron chi connectivity index (χ3n) is 4.51. The fourth-order valence-corrected chi connectivity index (χ4v) is 3.24. The van der Waals surface area contributed by atoms with E-state index in [-0.39, 0.29) is 41.8 Å². The summed E-state index contributed by atoms with van der Waals surface area (Å²) < 4.78 is 34.5. The zero-order valence-electron chi connectivity index (χ0n) is 14.0. The van der Waals surface area contributed by atoms with Gasteiger partial charge in [-0.15, -0.1) is 0 Å². The van der Waals surface area contributed by atoms with Crippen LogP contribution in [0.25, 0.3) is 11.5 Å². The number of likely N-dealkylation sites (tertiary alicyclic amines) is 1. The van der Waals surface area contributed by atoms with Gasteiger partial charge >= 0.3 is 0 Å². The molecule has 1 atom stereocenters. The topological polar surface area (TPSA) is 59.2 Å². The summed E-state index contributed by atoms with van der Waals surface area (Å²) in [5, 5.41) is 3.98. The van der Waals surface area contributed by atoms with Crippen LogP contribution in [0.3, 0.4) is 0 Å². The van der Waals surface area contributed by atoms with Crippen molar-refractivity contribution in [2.45, 2.75) is 12.1 Å². The SMILES string of the molecule is O=C(c1cc(Cl)ccc1F)N1CCC(F)(c2noc(-c3ccccc3)n2)C1. The summed E-state index contributed by atoms with van der Waals surface area (Å²) in [5.74, 6) is -1.25. The molecule has 1 aliphatic rings. The smallest absolute Gasteiger partial charge is 0.258 e. The molecule has 27 heavy (non-hydrogen) atoms. The zero-order valence-corrected chi connectivity index (χ0v) is 14.8. The van der Waals surface area contributed by atoms with Crippen LogP contribution in [0, 0.1) is 5.82 Å². The quantitative estimate of drug-likeness (QED) is 0.672. The molecule has 138 valence electrons. The maximum Gasteiger partial charge on any atom is 0.258 e. The maximum atomic E-state index is 15.4. The summed E-state index contributed by atoms with van der Waals surface area (Å²) in [5.41, 5.74) is -1.47. The van der Waals surface area contributed by atoms with Gasteiger partial charge in [0, 0.05) is 23.6 Å². The summed E-state index contributed by atoms with van der Waals surface area (Å²) in [4.78, 5) is 17.9. The first-order chi connectivity index (χ1) is 13.0. The van der Waals surface area contributed by atoms with Gasteiger partial charge in [-0.1, -0.05) is 35.0 Å². The van der Waals surface area contributed by atoms with Crippen molar-refractivity contribution in [3.8, 4) is 11.5 Å². The number of halogens is 3. The highest BCUT2D eigenvalue weighted by Gasteiger charge is 2.46. The molecule has 0 radical (unpaired) electrons. The number of carbonyl (C=O) groups excluding carboxylic acids is 1. The van der Waals surface area contributed by atoms with Gasteiger partial charge in [0.1, 0.15) is 5.82 Å². The lowest BCUT2D eigenvalue weighted by molar-refractivity contribution is 0.0738. The zero-order chi connectivity index (χ0) is 19.0. The number of carbonyl (C=O) groups is 1. The minimum Gasteiger partial charge on any atom is -0.335 e. The normalized spacial score (nSPS) is 19.4. The summed E-state index contributed by atoms with van der Waals surface area (Å²) >= 11 is 5.84. The van der Waals surface area contributed by atoms with Crippen molar-refractivity contribution in [1.82, 2.24) is 15.0 Å². The molecule has 0 N–H and O–H groups in total. The first-order valence-electron chi connectivity index (χ1n) is 8.29. The van der Waals surface area contributed by atoms with E-state index in [0.717, 1.165) is 6.07 Å². The van der Waals surface area contributed by atoms with Crippen LogP contribution in [0.2, 0.25) is 5.02 Å². The first kappa shape index (κ1) is 17.6. The Morgan fingerprint density at radius 3 is 2.78 bits per heavy atom. The standard InChI is InChI=1S/C19H14ClF2N3O2/c20-13-6-7-15(21)14(10-13)17(26)25-9-8-19(22,11-25)18-23-16(27-24-18)12-4-2-1-3-5-12/h1-7,10H,8-9,11H2. The van der Waals surface area contributed by atoms with Gasteiger partial charge in [0.15, 0.2) is 5.67 Å². The van der Waals surface area contributed by atoms with E-state index in [2.05, 4.69) is 10.1 Å². The van der Waals surface area contributed by atoms with Crippen LogP contribution in [0.4, 0.5) is 8.78 Å². The van der Waals surface area contributed by atoms with Gasteiger partial charge in [0.25, 0.3) is 11.8 Å². The van der Waals surface area contributed by atoms with Gasteiger partial charge in [-0.25, -0.2) is 8.78 Å². The molecule has 8 heteroatoms. The van der Waals surface area contributed by atoms with Gasteiger partial charge in [0.05, 0.1) is 12.1 Å². The fourth-order valence-electron chi connectivity index (χ4n) is 3.06. The van der Waals surface area contributed by atoms with Gasteiger partial charge in [0.2, 0.25) is 5.82 Å². The lowest BCUT2D eigenvalue weighted by Gasteiger charge is -2.18. The number of benzene rings is 2. The highest BCUT2D eigenvalue weighted by atomic mass is 35.5. The Morgan fingerprint density at radius 2 is 2.00 bits per heavy atom. The Balaban J connectivity index is 1.55. The number of amides is 1. The minimum absolute atomic E-state index is 0.00527. The average molecular weight is 390 g/mol. The Morgan fingerprint density at radius 1 is 1.22 bits per heavy atom. The molecule has 1 fully saturated rings. The van der Waals surface area contributed by atoms with Crippen molar-refractivity contribution in [1.29, 1.82) is 0 Å². The van der Waals surface area contributed by atoms with Crippen LogP contribution in [0.5, 0.6) is 0 Å². The summed E-state index contributed by atoms with van der Waals surface area (Å²) in [7, 11) is 0. The van der Waals surface area contributed by atoms with Gasteiger partial charge in [-0.2, -0.15) is 4.98 Å². The van der Waals surface area contributed by atoms with Crippen molar-refractivity contribution in [3.05, 3.63) is 70.8 Å². The molecule has 0 aliphatic carbocycles. The van der Waals surface area contributed by atoms with Crippen LogP contribution in [0.15, 0.2) is 53.1 Å². The van der Waals surface area contributed by atoms with E-state index in [9.17, 15) is 9.18 Å². The van der Waals surface area contributed by atoms with Gasteiger partial charge < -0.3 is 9.42 Å². The molecule has 1 aliphatic heterocycles. The predicted octanol–water partition coefficient (Wildman–Crippen LogP) is 4.24. The fraction of sp³-hybridized carbons (Fsp3) is 0.211. The number of hydrogen-bond donors (Lipinski definition) is 0. The van der Waals surface area contributed by atoms with E-state index in [4.69, 9.17) is 16.1 Å². The van der Waals surface area contributed by atoms with E-state index in [1.165, 1.54) is 17.0 Å². The highest BCUT2D eigenvalue weighted by Crippen LogP contribution is 2.36. The number of alkyl halides is 1. The third-order valence-corrected chi connectivity index (χ3v) is 4.75.